The Morgan fingerprint density at radius 2 is 2.33 bits per heavy atom. The normalized spacial score (nSPS) is 10.5. The van der Waals surface area contributed by atoms with E-state index in [1.165, 1.54) is 0 Å². The number of ether oxygens (including phenoxy) is 1. The zero-order chi connectivity index (χ0) is 15.2. The third-order valence-electron chi connectivity index (χ3n) is 3.14. The SMILES string of the molecule is COCCN(CCC#N)C(=O)c1n[nH]c2ccc(N)cc12. The first-order chi connectivity index (χ1) is 10.2. The van der Waals surface area contributed by atoms with Crippen molar-refractivity contribution in [1.82, 2.24) is 15.1 Å². The molecule has 7 nitrogen and oxygen atoms in total. The smallest absolute Gasteiger partial charge is 0.275 e. The lowest BCUT2D eigenvalue weighted by molar-refractivity contribution is 0.0696. The number of rotatable bonds is 6. The summed E-state index contributed by atoms with van der Waals surface area (Å²) in [7, 11) is 1.57. The Kier molecular flexibility index (Phi) is 4.74. The van der Waals surface area contributed by atoms with E-state index in [9.17, 15) is 4.79 Å². The van der Waals surface area contributed by atoms with Crippen LogP contribution in [0.3, 0.4) is 0 Å². The van der Waals surface area contributed by atoms with Crippen LogP contribution in [0.4, 0.5) is 5.69 Å². The Labute approximate surface area is 122 Å². The van der Waals surface area contributed by atoms with Crippen LogP contribution < -0.4 is 5.73 Å². The molecule has 0 unspecified atom stereocenters. The molecule has 21 heavy (non-hydrogen) atoms. The van der Waals surface area contributed by atoms with Crippen molar-refractivity contribution >= 4 is 22.5 Å². The second-order valence-corrected chi connectivity index (χ2v) is 4.57. The Morgan fingerprint density at radius 1 is 1.52 bits per heavy atom. The second kappa shape index (κ2) is 6.72. The van der Waals surface area contributed by atoms with Gasteiger partial charge in [-0.3, -0.25) is 9.89 Å². The van der Waals surface area contributed by atoms with Gasteiger partial charge in [0.1, 0.15) is 0 Å². The zero-order valence-electron chi connectivity index (χ0n) is 11.8. The minimum Gasteiger partial charge on any atom is -0.399 e. The number of aromatic amines is 1. The highest BCUT2D eigenvalue weighted by atomic mass is 16.5. The van der Waals surface area contributed by atoms with Crippen molar-refractivity contribution in [3.05, 3.63) is 23.9 Å². The zero-order valence-corrected chi connectivity index (χ0v) is 11.8. The summed E-state index contributed by atoms with van der Waals surface area (Å²) in [6.07, 6.45) is 0.264. The van der Waals surface area contributed by atoms with Gasteiger partial charge in [-0.2, -0.15) is 10.4 Å². The van der Waals surface area contributed by atoms with Crippen molar-refractivity contribution in [2.24, 2.45) is 0 Å². The van der Waals surface area contributed by atoms with E-state index in [0.29, 0.717) is 36.5 Å². The number of amides is 1. The molecule has 0 bridgehead atoms. The summed E-state index contributed by atoms with van der Waals surface area (Å²) in [6, 6.07) is 7.28. The molecule has 0 aliphatic rings. The van der Waals surface area contributed by atoms with Crippen molar-refractivity contribution < 1.29 is 9.53 Å². The molecule has 1 amide bonds. The van der Waals surface area contributed by atoms with Gasteiger partial charge >= 0.3 is 0 Å². The molecule has 0 aliphatic carbocycles. The molecule has 0 saturated carbocycles. The molecule has 0 atom stereocenters. The number of nitriles is 1. The van der Waals surface area contributed by atoms with Gasteiger partial charge in [-0.1, -0.05) is 0 Å². The number of nitrogen functional groups attached to an aromatic ring is 1. The van der Waals surface area contributed by atoms with Crippen LogP contribution in [0.5, 0.6) is 0 Å². The lowest BCUT2D eigenvalue weighted by Crippen LogP contribution is -2.35. The number of nitrogens with zero attached hydrogens (tertiary/aromatic N) is 3. The van der Waals surface area contributed by atoms with E-state index >= 15 is 0 Å². The maximum Gasteiger partial charge on any atom is 0.275 e. The molecule has 0 aliphatic heterocycles. The number of hydrogen-bond acceptors (Lipinski definition) is 5. The number of anilines is 1. The molecule has 7 heteroatoms. The lowest BCUT2D eigenvalue weighted by atomic mass is 10.1. The molecule has 0 saturated heterocycles. The second-order valence-electron chi connectivity index (χ2n) is 4.57. The summed E-state index contributed by atoms with van der Waals surface area (Å²) in [4.78, 5) is 14.1. The third kappa shape index (κ3) is 3.30. The Hall–Kier alpha value is -2.59. The van der Waals surface area contributed by atoms with Crippen LogP contribution in [0.15, 0.2) is 18.2 Å². The van der Waals surface area contributed by atoms with Gasteiger partial charge < -0.3 is 15.4 Å². The Morgan fingerprint density at radius 3 is 3.05 bits per heavy atom. The van der Waals surface area contributed by atoms with Gasteiger partial charge in [-0.25, -0.2) is 0 Å². The number of hydrogen-bond donors (Lipinski definition) is 2. The highest BCUT2D eigenvalue weighted by molar-refractivity contribution is 6.05. The number of nitrogens with one attached hydrogen (secondary N) is 1. The fraction of sp³-hybridized carbons (Fsp3) is 0.357. The first kappa shape index (κ1) is 14.8. The molecule has 2 rings (SSSR count). The first-order valence-corrected chi connectivity index (χ1v) is 6.56. The predicted octanol–water partition coefficient (Wildman–Crippen LogP) is 1.15. The number of nitrogens with two attached hydrogens (primary N) is 1. The van der Waals surface area contributed by atoms with Crippen LogP contribution in [0.1, 0.15) is 16.9 Å². The maximum atomic E-state index is 12.6. The molecule has 2 aromatic rings. The fourth-order valence-electron chi connectivity index (χ4n) is 2.05. The maximum absolute atomic E-state index is 12.6. The monoisotopic (exact) mass is 287 g/mol. The van der Waals surface area contributed by atoms with E-state index in [1.54, 1.807) is 30.2 Å². The summed E-state index contributed by atoms with van der Waals surface area (Å²) in [5.74, 6) is -0.237. The molecule has 1 heterocycles. The van der Waals surface area contributed by atoms with Crippen LogP contribution in [-0.2, 0) is 4.74 Å². The van der Waals surface area contributed by atoms with Crippen molar-refractivity contribution in [1.29, 1.82) is 5.26 Å². The van der Waals surface area contributed by atoms with E-state index in [-0.39, 0.29) is 12.3 Å². The van der Waals surface area contributed by atoms with Crippen LogP contribution in [0.2, 0.25) is 0 Å². The number of carbonyl (C=O) groups excluding carboxylic acids is 1. The van der Waals surface area contributed by atoms with Crippen LogP contribution >= 0.6 is 0 Å². The molecule has 0 fully saturated rings. The van der Waals surface area contributed by atoms with Crippen molar-refractivity contribution in [3.8, 4) is 6.07 Å². The van der Waals surface area contributed by atoms with Crippen molar-refractivity contribution in [2.75, 3.05) is 32.5 Å². The summed E-state index contributed by atoms with van der Waals surface area (Å²) < 4.78 is 5.00. The van der Waals surface area contributed by atoms with E-state index in [2.05, 4.69) is 10.2 Å². The van der Waals surface area contributed by atoms with Gasteiger partial charge in [0.15, 0.2) is 5.69 Å². The van der Waals surface area contributed by atoms with Gasteiger partial charge in [-0.05, 0) is 18.2 Å². The number of benzene rings is 1. The summed E-state index contributed by atoms with van der Waals surface area (Å²) in [6.45, 7) is 1.16. The van der Waals surface area contributed by atoms with Gasteiger partial charge in [-0.15, -0.1) is 0 Å². The number of aromatic nitrogens is 2. The van der Waals surface area contributed by atoms with Gasteiger partial charge in [0.25, 0.3) is 5.91 Å². The summed E-state index contributed by atoms with van der Waals surface area (Å²) in [5.41, 5.74) is 7.39. The molecule has 0 radical (unpaired) electrons. The quantitative estimate of drug-likeness (QED) is 0.775. The molecular weight excluding hydrogens is 270 g/mol. The van der Waals surface area contributed by atoms with Crippen LogP contribution in [-0.4, -0.2) is 47.8 Å². The van der Waals surface area contributed by atoms with E-state index in [0.717, 1.165) is 5.52 Å². The van der Waals surface area contributed by atoms with Gasteiger partial charge in [0, 0.05) is 31.3 Å². The topological polar surface area (TPSA) is 108 Å². The Balaban J connectivity index is 2.29. The fourth-order valence-corrected chi connectivity index (χ4v) is 2.05. The molecule has 0 spiro atoms. The van der Waals surface area contributed by atoms with Crippen LogP contribution in [0.25, 0.3) is 10.9 Å². The van der Waals surface area contributed by atoms with Gasteiger partial charge in [0.2, 0.25) is 0 Å². The predicted molar refractivity (Wildman–Crippen MR) is 78.5 cm³/mol. The molecule has 1 aromatic carbocycles. The highest BCUT2D eigenvalue weighted by Gasteiger charge is 2.20. The first-order valence-electron chi connectivity index (χ1n) is 6.56. The number of H-pyrrole nitrogens is 1. The number of fused-ring (bicyclic) bond motifs is 1. The average Bonchev–Trinajstić information content (AvgIpc) is 2.89. The third-order valence-corrected chi connectivity index (χ3v) is 3.14. The van der Waals surface area contributed by atoms with Crippen molar-refractivity contribution in [2.45, 2.75) is 6.42 Å². The summed E-state index contributed by atoms with van der Waals surface area (Å²) in [5, 5.41) is 16.3. The summed E-state index contributed by atoms with van der Waals surface area (Å²) >= 11 is 0. The Bertz CT molecular complexity index is 674. The standard InChI is InChI=1S/C14H17N5O2/c1-21-8-7-19(6-2-5-15)14(20)13-11-9-10(16)3-4-12(11)17-18-13/h3-4,9H,2,6-8,16H2,1H3,(H,17,18). The van der Waals surface area contributed by atoms with E-state index in [4.69, 9.17) is 15.7 Å². The van der Waals surface area contributed by atoms with E-state index in [1.807, 2.05) is 6.07 Å². The largest absolute Gasteiger partial charge is 0.399 e. The minimum atomic E-state index is -0.237. The molecule has 1 aromatic heterocycles. The van der Waals surface area contributed by atoms with Crippen molar-refractivity contribution in [3.63, 3.8) is 0 Å². The molecule has 110 valence electrons. The van der Waals surface area contributed by atoms with E-state index < -0.39 is 0 Å². The van der Waals surface area contributed by atoms with Crippen LogP contribution in [0, 0.1) is 11.3 Å². The molecule has 3 N–H and O–H groups in total. The number of methoxy groups -OCH3 is 1. The number of carbonyl (C=O) groups is 1. The average molecular weight is 287 g/mol. The minimum absolute atomic E-state index is 0.237. The molecular formula is C14H17N5O2. The highest BCUT2D eigenvalue weighted by Crippen LogP contribution is 2.20. The lowest BCUT2D eigenvalue weighted by Gasteiger charge is -2.20. The van der Waals surface area contributed by atoms with Gasteiger partial charge in [0.05, 0.1) is 24.6 Å².